The number of hydrogen-bond donors (Lipinski definition) is 2. The minimum absolute atomic E-state index is 0.0375. The van der Waals surface area contributed by atoms with E-state index in [2.05, 4.69) is 0 Å². The van der Waals surface area contributed by atoms with Crippen molar-refractivity contribution in [2.45, 2.75) is 13.0 Å². The van der Waals surface area contributed by atoms with Crippen molar-refractivity contribution in [1.82, 2.24) is 0 Å². The van der Waals surface area contributed by atoms with Gasteiger partial charge in [0.15, 0.2) is 6.10 Å². The minimum atomic E-state index is -1.98. The number of aliphatic hydroxyl groups excluding tert-OH is 1. The van der Waals surface area contributed by atoms with E-state index in [9.17, 15) is 20.0 Å². The summed E-state index contributed by atoms with van der Waals surface area (Å²) in [6.07, 6.45) is -1.98. The molecule has 1 aromatic rings. The molecule has 1 rings (SSSR count). The zero-order valence-corrected chi connectivity index (χ0v) is 8.75. The number of rotatable bonds is 3. The highest BCUT2D eigenvalue weighted by Gasteiger charge is 2.28. The van der Waals surface area contributed by atoms with Crippen LogP contribution in [0.4, 0.5) is 5.69 Å². The van der Waals surface area contributed by atoms with E-state index in [0.717, 1.165) is 6.07 Å². The predicted octanol–water partition coefficient (Wildman–Crippen LogP) is 0.893. The number of nitro groups is 1. The van der Waals surface area contributed by atoms with Crippen LogP contribution in [-0.4, -0.2) is 21.1 Å². The fraction of sp³-hybridized carbons (Fsp3) is 0.200. The monoisotopic (exact) mass is 236 g/mol. The minimum Gasteiger partial charge on any atom is -0.479 e. The van der Waals surface area contributed by atoms with E-state index in [1.54, 1.807) is 6.07 Å². The average Bonchev–Trinajstić information content (AvgIpc) is 2.26. The molecule has 0 aliphatic carbocycles. The Morgan fingerprint density at radius 3 is 2.59 bits per heavy atom. The Kier molecular flexibility index (Phi) is 3.40. The predicted molar refractivity (Wildman–Crippen MR) is 55.1 cm³/mol. The number of aliphatic carboxylic acids is 1. The van der Waals surface area contributed by atoms with Crippen molar-refractivity contribution in [1.29, 1.82) is 5.26 Å². The van der Waals surface area contributed by atoms with Gasteiger partial charge in [-0.1, -0.05) is 0 Å². The van der Waals surface area contributed by atoms with Crippen LogP contribution in [0.2, 0.25) is 0 Å². The molecular weight excluding hydrogens is 228 g/mol. The van der Waals surface area contributed by atoms with E-state index in [1.807, 2.05) is 0 Å². The van der Waals surface area contributed by atoms with Crippen molar-refractivity contribution < 1.29 is 19.9 Å². The molecule has 7 nitrogen and oxygen atoms in total. The van der Waals surface area contributed by atoms with Crippen molar-refractivity contribution in [3.63, 3.8) is 0 Å². The zero-order valence-electron chi connectivity index (χ0n) is 8.75. The number of benzene rings is 1. The quantitative estimate of drug-likeness (QED) is 0.593. The number of aliphatic hydroxyl groups is 1. The fourth-order valence-corrected chi connectivity index (χ4v) is 1.47. The first kappa shape index (κ1) is 12.6. The van der Waals surface area contributed by atoms with Crippen LogP contribution < -0.4 is 0 Å². The van der Waals surface area contributed by atoms with E-state index in [4.69, 9.17) is 10.4 Å². The number of hydrogen-bond acceptors (Lipinski definition) is 5. The summed E-state index contributed by atoms with van der Waals surface area (Å²) in [6.45, 7) is 1.40. The lowest BCUT2D eigenvalue weighted by molar-refractivity contribution is -0.386. The highest BCUT2D eigenvalue weighted by atomic mass is 16.6. The van der Waals surface area contributed by atoms with Gasteiger partial charge in [-0.05, 0) is 18.6 Å². The van der Waals surface area contributed by atoms with Crippen LogP contribution in [0.1, 0.15) is 22.8 Å². The van der Waals surface area contributed by atoms with Gasteiger partial charge in [-0.3, -0.25) is 10.1 Å². The topological polar surface area (TPSA) is 124 Å². The molecule has 17 heavy (non-hydrogen) atoms. The SMILES string of the molecule is Cc1cc(C#N)cc([N+](=O)[O-])c1C(O)C(=O)O. The van der Waals surface area contributed by atoms with E-state index in [0.29, 0.717) is 0 Å². The number of carboxylic acid groups (broad SMARTS) is 1. The lowest BCUT2D eigenvalue weighted by Gasteiger charge is -2.10. The third-order valence-corrected chi connectivity index (χ3v) is 2.20. The highest BCUT2D eigenvalue weighted by Crippen LogP contribution is 2.30. The van der Waals surface area contributed by atoms with Crippen LogP contribution in [-0.2, 0) is 4.79 Å². The molecule has 2 N–H and O–H groups in total. The van der Waals surface area contributed by atoms with Crippen LogP contribution in [0.25, 0.3) is 0 Å². The van der Waals surface area contributed by atoms with Gasteiger partial charge in [0, 0.05) is 6.07 Å². The largest absolute Gasteiger partial charge is 0.479 e. The van der Waals surface area contributed by atoms with Crippen molar-refractivity contribution >= 4 is 11.7 Å². The molecular formula is C10H8N2O5. The fourth-order valence-electron chi connectivity index (χ4n) is 1.47. The highest BCUT2D eigenvalue weighted by molar-refractivity contribution is 5.77. The molecule has 1 atom stereocenters. The van der Waals surface area contributed by atoms with Crippen LogP contribution in [0.15, 0.2) is 12.1 Å². The summed E-state index contributed by atoms with van der Waals surface area (Å²) in [5.41, 5.74) is -0.654. The first-order valence-electron chi connectivity index (χ1n) is 4.48. The third kappa shape index (κ3) is 2.38. The first-order chi connectivity index (χ1) is 7.88. The average molecular weight is 236 g/mol. The molecule has 0 bridgehead atoms. The number of carbonyl (C=O) groups is 1. The van der Waals surface area contributed by atoms with Crippen molar-refractivity contribution in [2.75, 3.05) is 0 Å². The maximum atomic E-state index is 10.8. The van der Waals surface area contributed by atoms with E-state index < -0.39 is 22.7 Å². The Labute approximate surface area is 95.7 Å². The summed E-state index contributed by atoms with van der Waals surface area (Å²) in [5, 5.41) is 37.5. The summed E-state index contributed by atoms with van der Waals surface area (Å²) in [5.74, 6) is -1.58. The van der Waals surface area contributed by atoms with Gasteiger partial charge in [0.1, 0.15) is 0 Å². The zero-order chi connectivity index (χ0) is 13.2. The summed E-state index contributed by atoms with van der Waals surface area (Å²) < 4.78 is 0. The number of carboxylic acids is 1. The second-order valence-corrected chi connectivity index (χ2v) is 3.34. The standard InChI is InChI=1S/C10H8N2O5/c1-5-2-6(4-11)3-7(12(16)17)8(5)9(13)10(14)15/h2-3,9,13H,1H3,(H,14,15). The second-order valence-electron chi connectivity index (χ2n) is 3.34. The molecule has 0 saturated carbocycles. The van der Waals surface area contributed by atoms with E-state index in [1.165, 1.54) is 13.0 Å². The molecule has 0 aromatic heterocycles. The van der Waals surface area contributed by atoms with Gasteiger partial charge >= 0.3 is 5.97 Å². The number of aryl methyl sites for hydroxylation is 1. The van der Waals surface area contributed by atoms with Gasteiger partial charge in [-0.25, -0.2) is 4.79 Å². The van der Waals surface area contributed by atoms with Crippen LogP contribution in [0.5, 0.6) is 0 Å². The summed E-state index contributed by atoms with van der Waals surface area (Å²) >= 11 is 0. The molecule has 7 heteroatoms. The van der Waals surface area contributed by atoms with Gasteiger partial charge in [0.25, 0.3) is 5.69 Å². The molecule has 88 valence electrons. The Bertz CT molecular complexity index is 532. The number of nitriles is 1. The summed E-state index contributed by atoms with van der Waals surface area (Å²) in [6, 6.07) is 3.95. The normalized spacial score (nSPS) is 11.6. The molecule has 0 amide bonds. The molecule has 0 spiro atoms. The van der Waals surface area contributed by atoms with Crippen molar-refractivity contribution in [3.8, 4) is 6.07 Å². The molecule has 0 radical (unpaired) electrons. The molecule has 0 aliphatic heterocycles. The van der Waals surface area contributed by atoms with Gasteiger partial charge in [-0.15, -0.1) is 0 Å². The Balaban J connectivity index is 3.54. The first-order valence-corrected chi connectivity index (χ1v) is 4.48. The summed E-state index contributed by atoms with van der Waals surface area (Å²) in [7, 11) is 0. The lowest BCUT2D eigenvalue weighted by Crippen LogP contribution is -2.14. The second kappa shape index (κ2) is 4.59. The Hall–Kier alpha value is -2.46. The maximum Gasteiger partial charge on any atom is 0.337 e. The maximum absolute atomic E-state index is 10.8. The molecule has 0 fully saturated rings. The Morgan fingerprint density at radius 1 is 1.59 bits per heavy atom. The molecule has 0 saturated heterocycles. The Morgan fingerprint density at radius 2 is 2.18 bits per heavy atom. The smallest absolute Gasteiger partial charge is 0.337 e. The third-order valence-electron chi connectivity index (χ3n) is 2.20. The molecule has 0 heterocycles. The van der Waals surface area contributed by atoms with Gasteiger partial charge in [0.05, 0.1) is 22.1 Å². The number of nitro benzene ring substituents is 1. The summed E-state index contributed by atoms with van der Waals surface area (Å²) in [4.78, 5) is 20.6. The van der Waals surface area contributed by atoms with Crippen LogP contribution in [0.3, 0.4) is 0 Å². The van der Waals surface area contributed by atoms with Crippen molar-refractivity contribution in [3.05, 3.63) is 38.9 Å². The van der Waals surface area contributed by atoms with E-state index in [-0.39, 0.29) is 16.7 Å². The lowest BCUT2D eigenvalue weighted by atomic mass is 9.98. The van der Waals surface area contributed by atoms with Crippen LogP contribution in [0, 0.1) is 28.4 Å². The molecule has 1 aromatic carbocycles. The molecule has 1 unspecified atom stereocenters. The van der Waals surface area contributed by atoms with Gasteiger partial charge in [-0.2, -0.15) is 5.26 Å². The van der Waals surface area contributed by atoms with Crippen LogP contribution >= 0.6 is 0 Å². The van der Waals surface area contributed by atoms with Gasteiger partial charge in [0.2, 0.25) is 0 Å². The molecule has 0 aliphatic rings. The number of nitrogens with zero attached hydrogens (tertiary/aromatic N) is 2. The van der Waals surface area contributed by atoms with Gasteiger partial charge < -0.3 is 10.2 Å². The van der Waals surface area contributed by atoms with Crippen molar-refractivity contribution in [2.24, 2.45) is 0 Å². The van der Waals surface area contributed by atoms with E-state index >= 15 is 0 Å².